The molecule has 72 valence electrons. The topological polar surface area (TPSA) is 42.7 Å². The number of thioether (sulfide) groups is 1. The van der Waals surface area contributed by atoms with E-state index in [1.54, 1.807) is 4.80 Å². The summed E-state index contributed by atoms with van der Waals surface area (Å²) >= 11 is 1.91. The summed E-state index contributed by atoms with van der Waals surface area (Å²) < 4.78 is 0. The van der Waals surface area contributed by atoms with E-state index in [-0.39, 0.29) is 0 Å². The van der Waals surface area contributed by atoms with Gasteiger partial charge < -0.3 is 0 Å². The number of rotatable bonds is 2. The molecule has 0 bridgehead atoms. The quantitative estimate of drug-likeness (QED) is 0.767. The first-order valence-corrected chi connectivity index (χ1v) is 5.58. The molecule has 0 aliphatic carbocycles. The van der Waals surface area contributed by atoms with Gasteiger partial charge in [0.2, 0.25) is 0 Å². The molecule has 0 amide bonds. The Balaban J connectivity index is 2.03. The van der Waals surface area contributed by atoms with Crippen LogP contribution in [0, 0.1) is 0 Å². The van der Waals surface area contributed by atoms with Gasteiger partial charge in [-0.05, 0) is 6.42 Å². The zero-order valence-corrected chi connectivity index (χ0v) is 8.71. The lowest BCUT2D eigenvalue weighted by Gasteiger charge is -2.08. The highest BCUT2D eigenvalue weighted by atomic mass is 32.2. The second-order valence-electron chi connectivity index (χ2n) is 3.24. The summed E-state index contributed by atoms with van der Waals surface area (Å²) in [5.41, 5.74) is 1.04. The molecule has 2 heterocycles. The van der Waals surface area contributed by atoms with Crippen molar-refractivity contribution in [3.8, 4) is 0 Å². The molecule has 1 fully saturated rings. The fourth-order valence-corrected chi connectivity index (χ4v) is 2.73. The van der Waals surface area contributed by atoms with Crippen LogP contribution in [0.1, 0.15) is 24.4 Å². The van der Waals surface area contributed by atoms with Crippen molar-refractivity contribution >= 4 is 11.8 Å². The molecular weight excluding hydrogens is 184 g/mol. The first-order chi connectivity index (χ1) is 6.29. The lowest BCUT2D eigenvalue weighted by molar-refractivity contribution is 0.549. The van der Waals surface area contributed by atoms with Crippen LogP contribution in [-0.2, 0) is 7.05 Å². The van der Waals surface area contributed by atoms with Crippen LogP contribution in [0.25, 0.3) is 0 Å². The van der Waals surface area contributed by atoms with Gasteiger partial charge in [0.25, 0.3) is 0 Å². The van der Waals surface area contributed by atoms with Gasteiger partial charge >= 0.3 is 0 Å². The Morgan fingerprint density at radius 3 is 3.15 bits per heavy atom. The third-order valence-corrected chi connectivity index (χ3v) is 3.54. The third-order valence-electron chi connectivity index (χ3n) is 2.23. The average Bonchev–Trinajstić information content (AvgIpc) is 2.71. The SMILES string of the molecule is CCC1CSC(c2cnn(C)n2)N1. The van der Waals surface area contributed by atoms with E-state index in [2.05, 4.69) is 22.4 Å². The molecule has 13 heavy (non-hydrogen) atoms. The van der Waals surface area contributed by atoms with E-state index in [0.29, 0.717) is 11.4 Å². The fraction of sp³-hybridized carbons (Fsp3) is 0.750. The third kappa shape index (κ3) is 1.86. The van der Waals surface area contributed by atoms with Gasteiger partial charge in [0, 0.05) is 18.8 Å². The normalized spacial score (nSPS) is 28.2. The molecule has 4 nitrogen and oxygen atoms in total. The summed E-state index contributed by atoms with van der Waals surface area (Å²) in [6.45, 7) is 2.21. The number of nitrogens with one attached hydrogen (secondary N) is 1. The number of hydrogen-bond acceptors (Lipinski definition) is 4. The molecule has 1 aliphatic rings. The standard InChI is InChI=1S/C8H14N4S/c1-3-6-5-13-8(10-6)7-4-9-12(2)11-7/h4,6,8,10H,3,5H2,1-2H3. The molecule has 2 unspecified atom stereocenters. The van der Waals surface area contributed by atoms with Crippen molar-refractivity contribution in [1.82, 2.24) is 20.3 Å². The minimum atomic E-state index is 0.346. The largest absolute Gasteiger partial charge is 0.297 e. The van der Waals surface area contributed by atoms with Crippen LogP contribution in [0.3, 0.4) is 0 Å². The van der Waals surface area contributed by atoms with Gasteiger partial charge in [0.1, 0.15) is 5.69 Å². The van der Waals surface area contributed by atoms with Crippen molar-refractivity contribution in [2.24, 2.45) is 7.05 Å². The average molecular weight is 198 g/mol. The summed E-state index contributed by atoms with van der Waals surface area (Å²) in [5.74, 6) is 1.18. The van der Waals surface area contributed by atoms with Crippen molar-refractivity contribution in [2.45, 2.75) is 24.8 Å². The molecule has 2 atom stereocenters. The van der Waals surface area contributed by atoms with Gasteiger partial charge in [0.15, 0.2) is 0 Å². The van der Waals surface area contributed by atoms with Crippen LogP contribution >= 0.6 is 11.8 Å². The lowest BCUT2D eigenvalue weighted by atomic mass is 10.2. The van der Waals surface area contributed by atoms with Crippen molar-refractivity contribution in [2.75, 3.05) is 5.75 Å². The van der Waals surface area contributed by atoms with E-state index in [9.17, 15) is 0 Å². The predicted octanol–water partition coefficient (Wildman–Crippen LogP) is 0.929. The van der Waals surface area contributed by atoms with Gasteiger partial charge in [-0.1, -0.05) is 6.92 Å². The van der Waals surface area contributed by atoms with Crippen LogP contribution in [0.5, 0.6) is 0 Å². The number of aromatic nitrogens is 3. The smallest absolute Gasteiger partial charge is 0.110 e. The van der Waals surface area contributed by atoms with Crippen molar-refractivity contribution in [1.29, 1.82) is 0 Å². The first-order valence-electron chi connectivity index (χ1n) is 4.53. The molecule has 0 aromatic carbocycles. The fourth-order valence-electron chi connectivity index (χ4n) is 1.41. The van der Waals surface area contributed by atoms with Gasteiger partial charge in [0.05, 0.1) is 11.6 Å². The van der Waals surface area contributed by atoms with Gasteiger partial charge in [-0.3, -0.25) is 5.32 Å². The van der Waals surface area contributed by atoms with E-state index in [4.69, 9.17) is 0 Å². The van der Waals surface area contributed by atoms with Gasteiger partial charge in [-0.15, -0.1) is 11.8 Å². The van der Waals surface area contributed by atoms with E-state index in [0.717, 1.165) is 5.69 Å². The zero-order valence-electron chi connectivity index (χ0n) is 7.90. The van der Waals surface area contributed by atoms with Crippen LogP contribution < -0.4 is 5.32 Å². The molecular formula is C8H14N4S. The molecule has 1 aromatic heterocycles. The first kappa shape index (κ1) is 9.02. The van der Waals surface area contributed by atoms with Gasteiger partial charge in [-0.2, -0.15) is 15.0 Å². The Morgan fingerprint density at radius 1 is 1.77 bits per heavy atom. The Hall–Kier alpha value is -0.550. The number of nitrogens with zero attached hydrogens (tertiary/aromatic N) is 3. The highest BCUT2D eigenvalue weighted by Crippen LogP contribution is 2.31. The minimum Gasteiger partial charge on any atom is -0.297 e. The molecule has 1 aromatic rings. The minimum absolute atomic E-state index is 0.346. The number of aryl methyl sites for hydroxylation is 1. The predicted molar refractivity (Wildman–Crippen MR) is 53.4 cm³/mol. The molecule has 2 rings (SSSR count). The van der Waals surface area contributed by atoms with Crippen LogP contribution in [-0.4, -0.2) is 26.8 Å². The van der Waals surface area contributed by atoms with Crippen molar-refractivity contribution in [3.63, 3.8) is 0 Å². The Bertz CT molecular complexity index is 285. The molecule has 1 aliphatic heterocycles. The van der Waals surface area contributed by atoms with E-state index >= 15 is 0 Å². The Labute approximate surface area is 82.1 Å². The maximum Gasteiger partial charge on any atom is 0.110 e. The molecule has 5 heteroatoms. The zero-order chi connectivity index (χ0) is 9.26. The lowest BCUT2D eigenvalue weighted by Crippen LogP contribution is -2.24. The van der Waals surface area contributed by atoms with Crippen molar-refractivity contribution in [3.05, 3.63) is 11.9 Å². The van der Waals surface area contributed by atoms with Crippen LogP contribution in [0.2, 0.25) is 0 Å². The van der Waals surface area contributed by atoms with E-state index in [1.807, 2.05) is 25.0 Å². The van der Waals surface area contributed by atoms with Crippen LogP contribution in [0.4, 0.5) is 0 Å². The van der Waals surface area contributed by atoms with Crippen molar-refractivity contribution < 1.29 is 0 Å². The number of hydrogen-bond donors (Lipinski definition) is 1. The second kappa shape index (κ2) is 3.67. The summed E-state index contributed by atoms with van der Waals surface area (Å²) in [4.78, 5) is 1.61. The van der Waals surface area contributed by atoms with Gasteiger partial charge in [-0.25, -0.2) is 0 Å². The summed E-state index contributed by atoms with van der Waals surface area (Å²) in [6, 6.07) is 0.636. The van der Waals surface area contributed by atoms with Crippen LogP contribution in [0.15, 0.2) is 6.20 Å². The summed E-state index contributed by atoms with van der Waals surface area (Å²) in [5, 5.41) is 12.2. The molecule has 1 N–H and O–H groups in total. The van der Waals surface area contributed by atoms with E-state index in [1.165, 1.54) is 12.2 Å². The Morgan fingerprint density at radius 2 is 2.62 bits per heavy atom. The maximum atomic E-state index is 4.28. The molecule has 0 spiro atoms. The molecule has 1 saturated heterocycles. The second-order valence-corrected chi connectivity index (χ2v) is 4.38. The van der Waals surface area contributed by atoms with E-state index < -0.39 is 0 Å². The molecule has 0 saturated carbocycles. The molecule has 0 radical (unpaired) electrons. The Kier molecular flexibility index (Phi) is 2.55. The highest BCUT2D eigenvalue weighted by Gasteiger charge is 2.25. The highest BCUT2D eigenvalue weighted by molar-refractivity contribution is 7.99. The summed E-state index contributed by atoms with van der Waals surface area (Å²) in [7, 11) is 1.85. The maximum absolute atomic E-state index is 4.28. The monoisotopic (exact) mass is 198 g/mol. The summed E-state index contributed by atoms with van der Waals surface area (Å²) in [6.07, 6.45) is 3.02.